The summed E-state index contributed by atoms with van der Waals surface area (Å²) >= 11 is 5.95. The van der Waals surface area contributed by atoms with Gasteiger partial charge in [-0.15, -0.1) is 0 Å². The van der Waals surface area contributed by atoms with Crippen LogP contribution in [0.25, 0.3) is 0 Å². The minimum absolute atomic E-state index is 0.0177. The van der Waals surface area contributed by atoms with Crippen molar-refractivity contribution < 1.29 is 26.7 Å². The van der Waals surface area contributed by atoms with Gasteiger partial charge in [-0.3, -0.25) is 4.79 Å². The maximum atomic E-state index is 12.4. The van der Waals surface area contributed by atoms with E-state index < -0.39 is 22.5 Å². The van der Waals surface area contributed by atoms with Crippen LogP contribution in [0.2, 0.25) is 5.02 Å². The van der Waals surface area contributed by atoms with Crippen LogP contribution in [-0.2, 0) is 16.6 Å². The van der Waals surface area contributed by atoms with Gasteiger partial charge in [-0.2, -0.15) is 8.78 Å². The molecule has 6 nitrogen and oxygen atoms in total. The molecule has 10 heteroatoms. The highest BCUT2D eigenvalue weighted by molar-refractivity contribution is 7.89. The van der Waals surface area contributed by atoms with Gasteiger partial charge in [0.2, 0.25) is 10.0 Å². The first kappa shape index (κ1) is 21.1. The predicted octanol–water partition coefficient (Wildman–Crippen LogP) is 3.12. The van der Waals surface area contributed by atoms with Gasteiger partial charge in [-0.1, -0.05) is 29.8 Å². The van der Waals surface area contributed by atoms with Gasteiger partial charge in [0.15, 0.2) is 0 Å². The number of sulfonamides is 1. The number of carbonyl (C=O) groups is 1. The van der Waals surface area contributed by atoms with Crippen LogP contribution in [0, 0.1) is 0 Å². The number of amides is 1. The minimum atomic E-state index is -3.83. The summed E-state index contributed by atoms with van der Waals surface area (Å²) in [4.78, 5) is 12.2. The number of ether oxygens (including phenoxy) is 1. The van der Waals surface area contributed by atoms with Gasteiger partial charge in [-0.05, 0) is 24.3 Å². The Kier molecular flexibility index (Phi) is 6.74. The molecule has 0 fully saturated rings. The van der Waals surface area contributed by atoms with Gasteiger partial charge < -0.3 is 10.1 Å². The van der Waals surface area contributed by atoms with Crippen molar-refractivity contribution in [2.75, 3.05) is 14.1 Å². The zero-order valence-corrected chi connectivity index (χ0v) is 16.0. The first-order chi connectivity index (χ1) is 12.6. The molecule has 2 rings (SSSR count). The molecule has 2 aromatic carbocycles. The van der Waals surface area contributed by atoms with Crippen molar-refractivity contribution in [2.45, 2.75) is 18.1 Å². The summed E-state index contributed by atoms with van der Waals surface area (Å²) in [6.07, 6.45) is 0. The Morgan fingerprint density at radius 1 is 1.22 bits per heavy atom. The first-order valence-corrected chi connectivity index (χ1v) is 9.47. The predicted molar refractivity (Wildman–Crippen MR) is 96.6 cm³/mol. The van der Waals surface area contributed by atoms with E-state index in [1.54, 1.807) is 6.07 Å². The van der Waals surface area contributed by atoms with E-state index in [2.05, 4.69) is 10.1 Å². The van der Waals surface area contributed by atoms with Crippen LogP contribution >= 0.6 is 11.6 Å². The lowest BCUT2D eigenvalue weighted by Gasteiger charge is -2.14. The summed E-state index contributed by atoms with van der Waals surface area (Å²) in [6.45, 7) is -3.07. The van der Waals surface area contributed by atoms with Crippen LogP contribution < -0.4 is 10.1 Å². The average Bonchev–Trinajstić information content (AvgIpc) is 2.60. The molecule has 0 unspecified atom stereocenters. The van der Waals surface area contributed by atoms with Crippen LogP contribution in [-0.4, -0.2) is 39.3 Å². The fourth-order valence-corrected chi connectivity index (χ4v) is 3.57. The second kappa shape index (κ2) is 8.64. The molecule has 0 heterocycles. The van der Waals surface area contributed by atoms with E-state index in [1.807, 2.05) is 0 Å². The molecule has 1 N–H and O–H groups in total. The largest absolute Gasteiger partial charge is 0.434 e. The number of carbonyl (C=O) groups excluding carboxylic acids is 1. The molecule has 1 amide bonds. The third-order valence-electron chi connectivity index (χ3n) is 3.58. The maximum Gasteiger partial charge on any atom is 0.387 e. The number of para-hydroxylation sites is 1. The summed E-state index contributed by atoms with van der Waals surface area (Å²) in [5.74, 6) is -0.645. The van der Waals surface area contributed by atoms with Gasteiger partial charge in [0.25, 0.3) is 5.91 Å². The SMILES string of the molecule is CN(C)S(=O)(=O)c1cc(C(=O)NCc2ccccc2OC(F)F)ccc1Cl. The number of nitrogens with zero attached hydrogens (tertiary/aromatic N) is 1. The van der Waals surface area contributed by atoms with Crippen LogP contribution in [0.5, 0.6) is 5.75 Å². The highest BCUT2D eigenvalue weighted by Gasteiger charge is 2.22. The molecule has 0 spiro atoms. The van der Waals surface area contributed by atoms with Gasteiger partial charge in [-0.25, -0.2) is 12.7 Å². The molecule has 0 saturated heterocycles. The van der Waals surface area contributed by atoms with Crippen molar-refractivity contribution >= 4 is 27.5 Å². The lowest BCUT2D eigenvalue weighted by molar-refractivity contribution is -0.0504. The van der Waals surface area contributed by atoms with Crippen molar-refractivity contribution in [1.82, 2.24) is 9.62 Å². The molecule has 0 aliphatic rings. The van der Waals surface area contributed by atoms with Gasteiger partial charge >= 0.3 is 6.61 Å². The molecule has 0 aromatic heterocycles. The van der Waals surface area contributed by atoms with Gasteiger partial charge in [0.1, 0.15) is 10.6 Å². The number of hydrogen-bond acceptors (Lipinski definition) is 4. The summed E-state index contributed by atoms with van der Waals surface area (Å²) in [6, 6.07) is 9.87. The molecule has 27 heavy (non-hydrogen) atoms. The summed E-state index contributed by atoms with van der Waals surface area (Å²) in [5.41, 5.74) is 0.410. The Bertz CT molecular complexity index is 936. The number of nitrogens with one attached hydrogen (secondary N) is 1. The summed E-state index contributed by atoms with van der Waals surface area (Å²) in [7, 11) is -1.14. The van der Waals surface area contributed by atoms with Gasteiger partial charge in [0, 0.05) is 31.8 Å². The van der Waals surface area contributed by atoms with E-state index in [1.165, 1.54) is 44.4 Å². The Balaban J connectivity index is 2.21. The van der Waals surface area contributed by atoms with Gasteiger partial charge in [0.05, 0.1) is 5.02 Å². The van der Waals surface area contributed by atoms with E-state index in [9.17, 15) is 22.0 Å². The second-order valence-corrected chi connectivity index (χ2v) is 8.13. The Hall–Kier alpha value is -2.23. The topological polar surface area (TPSA) is 75.7 Å². The Labute approximate surface area is 160 Å². The molecule has 0 bridgehead atoms. The molecule has 2 aromatic rings. The molecule has 0 saturated carbocycles. The maximum absolute atomic E-state index is 12.4. The van der Waals surface area contributed by atoms with Crippen molar-refractivity contribution in [3.05, 3.63) is 58.6 Å². The number of hydrogen-bond donors (Lipinski definition) is 1. The summed E-state index contributed by atoms with van der Waals surface area (Å²) in [5, 5.41) is 2.52. The summed E-state index contributed by atoms with van der Waals surface area (Å²) < 4.78 is 54.8. The molecule has 146 valence electrons. The highest BCUT2D eigenvalue weighted by Crippen LogP contribution is 2.25. The van der Waals surface area contributed by atoms with Crippen LogP contribution in [0.15, 0.2) is 47.4 Å². The normalized spacial score (nSPS) is 11.7. The molecule has 0 radical (unpaired) electrons. The second-order valence-electron chi connectivity index (χ2n) is 5.60. The third kappa shape index (κ3) is 5.15. The van der Waals surface area contributed by atoms with Crippen molar-refractivity contribution in [3.63, 3.8) is 0 Å². The lowest BCUT2D eigenvalue weighted by atomic mass is 10.1. The average molecular weight is 419 g/mol. The molecule has 0 aliphatic carbocycles. The first-order valence-electron chi connectivity index (χ1n) is 7.66. The minimum Gasteiger partial charge on any atom is -0.434 e. The molecular weight excluding hydrogens is 402 g/mol. The smallest absolute Gasteiger partial charge is 0.387 e. The third-order valence-corrected chi connectivity index (χ3v) is 5.88. The van der Waals surface area contributed by atoms with E-state index in [4.69, 9.17) is 11.6 Å². The zero-order valence-electron chi connectivity index (χ0n) is 14.4. The van der Waals surface area contributed by atoms with E-state index in [-0.39, 0.29) is 27.8 Å². The number of alkyl halides is 2. The fraction of sp³-hybridized carbons (Fsp3) is 0.235. The fourth-order valence-electron chi connectivity index (χ4n) is 2.18. The van der Waals surface area contributed by atoms with E-state index >= 15 is 0 Å². The van der Waals surface area contributed by atoms with Crippen LogP contribution in [0.4, 0.5) is 8.78 Å². The van der Waals surface area contributed by atoms with E-state index in [0.29, 0.717) is 5.56 Å². The van der Waals surface area contributed by atoms with Crippen molar-refractivity contribution in [3.8, 4) is 5.75 Å². The zero-order chi connectivity index (χ0) is 20.2. The van der Waals surface area contributed by atoms with E-state index in [0.717, 1.165) is 10.4 Å². The van der Waals surface area contributed by atoms with Crippen LogP contribution in [0.3, 0.4) is 0 Å². The monoisotopic (exact) mass is 418 g/mol. The number of rotatable bonds is 7. The molecule has 0 aliphatic heterocycles. The highest BCUT2D eigenvalue weighted by atomic mass is 35.5. The molecule has 0 atom stereocenters. The Morgan fingerprint density at radius 3 is 2.52 bits per heavy atom. The standard InChI is InChI=1S/C17H17ClF2N2O4S/c1-22(2)27(24,25)15-9-11(7-8-13(15)18)16(23)21-10-12-5-3-4-6-14(12)26-17(19)20/h3-9,17H,10H2,1-2H3,(H,21,23). The van der Waals surface area contributed by atoms with Crippen molar-refractivity contribution in [2.24, 2.45) is 0 Å². The quantitative estimate of drug-likeness (QED) is 0.749. The lowest BCUT2D eigenvalue weighted by Crippen LogP contribution is -2.25. The number of benzene rings is 2. The molecular formula is C17H17ClF2N2O4S. The number of halogens is 3. The Morgan fingerprint density at radius 2 is 1.89 bits per heavy atom. The van der Waals surface area contributed by atoms with Crippen molar-refractivity contribution in [1.29, 1.82) is 0 Å². The van der Waals surface area contributed by atoms with Crippen LogP contribution in [0.1, 0.15) is 15.9 Å².